The number of fused-ring (bicyclic) bond motifs is 2. The molecule has 32 heavy (non-hydrogen) atoms. The lowest BCUT2D eigenvalue weighted by Crippen LogP contribution is -2.43. The van der Waals surface area contributed by atoms with Gasteiger partial charge in [-0.25, -0.2) is 0 Å². The lowest BCUT2D eigenvalue weighted by atomic mass is 9.84. The predicted octanol–water partition coefficient (Wildman–Crippen LogP) is 5.67. The van der Waals surface area contributed by atoms with Crippen LogP contribution in [0.1, 0.15) is 85.2 Å². The number of hydrogen-bond donors (Lipinski definition) is 1. The first-order valence-corrected chi connectivity index (χ1v) is 12.5. The summed E-state index contributed by atoms with van der Waals surface area (Å²) in [4.78, 5) is 15.2. The summed E-state index contributed by atoms with van der Waals surface area (Å²) < 4.78 is 6.35. The second-order valence-electron chi connectivity index (χ2n) is 10.0. The third-order valence-corrected chi connectivity index (χ3v) is 7.96. The first kappa shape index (κ1) is 21.5. The van der Waals surface area contributed by atoms with Crippen LogP contribution in [0.25, 0.3) is 0 Å². The Bertz CT molecular complexity index is 905. The third kappa shape index (κ3) is 4.85. The van der Waals surface area contributed by atoms with Gasteiger partial charge in [-0.15, -0.1) is 0 Å². The molecule has 1 saturated carbocycles. The molecule has 1 aliphatic carbocycles. The van der Waals surface area contributed by atoms with Crippen molar-refractivity contribution in [2.24, 2.45) is 0 Å². The quantitative estimate of drug-likeness (QED) is 0.640. The smallest absolute Gasteiger partial charge is 0.251 e. The fourth-order valence-corrected chi connectivity index (χ4v) is 6.01. The molecule has 5 rings (SSSR count). The maximum Gasteiger partial charge on any atom is 0.251 e. The van der Waals surface area contributed by atoms with E-state index in [-0.39, 0.29) is 5.91 Å². The van der Waals surface area contributed by atoms with Crippen molar-refractivity contribution in [1.82, 2.24) is 10.2 Å². The zero-order valence-corrected chi connectivity index (χ0v) is 19.3. The molecule has 0 radical (unpaired) electrons. The Labute approximate surface area is 192 Å². The number of rotatable bonds is 6. The highest BCUT2D eigenvalue weighted by molar-refractivity contribution is 5.94. The van der Waals surface area contributed by atoms with Crippen LogP contribution in [0.5, 0.6) is 5.75 Å². The van der Waals surface area contributed by atoms with Crippen molar-refractivity contribution in [2.45, 2.75) is 88.4 Å². The highest BCUT2D eigenvalue weighted by Gasteiger charge is 2.39. The minimum atomic E-state index is -0.0154. The molecule has 1 unspecified atom stereocenters. The van der Waals surface area contributed by atoms with Gasteiger partial charge in [0, 0.05) is 24.2 Å². The zero-order chi connectivity index (χ0) is 21.9. The standard InChI is InChI=1S/C28H36N2O2/c1-30-24-14-15-25(30)18-27(17-24)32-26-9-5-6-20(16-26)19-29-28(31)23-12-10-22(11-13-23)21-7-3-2-4-8-21/h5-6,9-13,16,21,24-25,27H,2-4,7-8,14-15,17-19H2,1H3,(H,29,31)/t24-,25+,27?. The van der Waals surface area contributed by atoms with Crippen LogP contribution >= 0.6 is 0 Å². The van der Waals surface area contributed by atoms with Crippen molar-refractivity contribution in [1.29, 1.82) is 0 Å². The number of ether oxygens (including phenoxy) is 1. The summed E-state index contributed by atoms with van der Waals surface area (Å²) >= 11 is 0. The molecule has 0 spiro atoms. The van der Waals surface area contributed by atoms with E-state index >= 15 is 0 Å². The summed E-state index contributed by atoms with van der Waals surface area (Å²) in [6.45, 7) is 0.513. The molecule has 2 saturated heterocycles. The van der Waals surface area contributed by atoms with Gasteiger partial charge in [-0.3, -0.25) is 4.79 Å². The molecule has 3 fully saturated rings. The van der Waals surface area contributed by atoms with Crippen molar-refractivity contribution in [3.8, 4) is 5.75 Å². The molecule has 4 nitrogen and oxygen atoms in total. The Morgan fingerprint density at radius 2 is 1.69 bits per heavy atom. The number of nitrogens with one attached hydrogen (secondary N) is 1. The summed E-state index contributed by atoms with van der Waals surface area (Å²) in [5, 5.41) is 3.07. The summed E-state index contributed by atoms with van der Waals surface area (Å²) in [7, 11) is 2.26. The van der Waals surface area contributed by atoms with Gasteiger partial charge in [0.1, 0.15) is 11.9 Å². The van der Waals surface area contributed by atoms with E-state index in [0.29, 0.717) is 30.7 Å². The molecule has 2 heterocycles. The van der Waals surface area contributed by atoms with Crippen LogP contribution in [0.15, 0.2) is 48.5 Å². The molecule has 1 amide bonds. The average molecular weight is 433 g/mol. The lowest BCUT2D eigenvalue weighted by Gasteiger charge is -2.36. The topological polar surface area (TPSA) is 41.6 Å². The number of hydrogen-bond acceptors (Lipinski definition) is 3. The minimum absolute atomic E-state index is 0.0154. The van der Waals surface area contributed by atoms with E-state index in [1.54, 1.807) is 0 Å². The van der Waals surface area contributed by atoms with E-state index in [9.17, 15) is 4.79 Å². The maximum atomic E-state index is 12.7. The Morgan fingerprint density at radius 3 is 2.41 bits per heavy atom. The van der Waals surface area contributed by atoms with Crippen molar-refractivity contribution in [2.75, 3.05) is 7.05 Å². The number of carbonyl (C=O) groups is 1. The number of benzene rings is 2. The minimum Gasteiger partial charge on any atom is -0.490 e. The maximum absolute atomic E-state index is 12.7. The predicted molar refractivity (Wildman–Crippen MR) is 128 cm³/mol. The van der Waals surface area contributed by atoms with Crippen LogP contribution in [0.2, 0.25) is 0 Å². The molecule has 4 heteroatoms. The van der Waals surface area contributed by atoms with E-state index in [2.05, 4.69) is 41.5 Å². The Morgan fingerprint density at radius 1 is 0.969 bits per heavy atom. The molecule has 3 atom stereocenters. The lowest BCUT2D eigenvalue weighted by molar-refractivity contribution is 0.0661. The molecule has 3 aliphatic rings. The van der Waals surface area contributed by atoms with Gasteiger partial charge in [0.2, 0.25) is 0 Å². The molecule has 2 aromatic carbocycles. The van der Waals surface area contributed by atoms with Gasteiger partial charge in [-0.05, 0) is 86.9 Å². The van der Waals surface area contributed by atoms with E-state index in [0.717, 1.165) is 29.7 Å². The van der Waals surface area contributed by atoms with Crippen LogP contribution < -0.4 is 10.1 Å². The molecule has 0 aromatic heterocycles. The van der Waals surface area contributed by atoms with Crippen molar-refractivity contribution in [3.05, 3.63) is 65.2 Å². The fourth-order valence-electron chi connectivity index (χ4n) is 6.01. The zero-order valence-electron chi connectivity index (χ0n) is 19.3. The number of piperidine rings is 1. The second kappa shape index (κ2) is 9.66. The largest absolute Gasteiger partial charge is 0.490 e. The number of nitrogens with zero attached hydrogens (tertiary/aromatic N) is 1. The summed E-state index contributed by atoms with van der Waals surface area (Å²) in [5.74, 6) is 1.57. The molecule has 1 N–H and O–H groups in total. The van der Waals surface area contributed by atoms with Gasteiger partial charge < -0.3 is 15.0 Å². The van der Waals surface area contributed by atoms with Crippen LogP contribution in [0.3, 0.4) is 0 Å². The first-order valence-electron chi connectivity index (χ1n) is 12.5. The SMILES string of the molecule is CN1[C@@H]2CC[C@H]1CC(Oc1cccc(CNC(=O)c3ccc(C4CCCCC4)cc3)c1)C2. The average Bonchev–Trinajstić information content (AvgIpc) is 3.04. The van der Waals surface area contributed by atoms with Crippen LogP contribution in [-0.4, -0.2) is 36.0 Å². The first-order chi connectivity index (χ1) is 15.7. The monoisotopic (exact) mass is 432 g/mol. The molecule has 2 aliphatic heterocycles. The van der Waals surface area contributed by atoms with E-state index in [1.165, 1.54) is 50.5 Å². The van der Waals surface area contributed by atoms with Gasteiger partial charge in [0.25, 0.3) is 5.91 Å². The van der Waals surface area contributed by atoms with E-state index < -0.39 is 0 Å². The van der Waals surface area contributed by atoms with Gasteiger partial charge in [0.05, 0.1) is 0 Å². The van der Waals surface area contributed by atoms with Crippen molar-refractivity contribution >= 4 is 5.91 Å². The Balaban J connectivity index is 1.14. The molecular formula is C28H36N2O2. The summed E-state index contributed by atoms with van der Waals surface area (Å²) in [6, 6.07) is 17.8. The highest BCUT2D eigenvalue weighted by Crippen LogP contribution is 2.36. The van der Waals surface area contributed by atoms with Crippen LogP contribution in [-0.2, 0) is 6.54 Å². The van der Waals surface area contributed by atoms with E-state index in [4.69, 9.17) is 4.74 Å². The molecule has 2 aromatic rings. The van der Waals surface area contributed by atoms with Crippen molar-refractivity contribution < 1.29 is 9.53 Å². The normalized spacial score (nSPS) is 26.1. The molecular weight excluding hydrogens is 396 g/mol. The number of amides is 1. The van der Waals surface area contributed by atoms with Crippen LogP contribution in [0, 0.1) is 0 Å². The van der Waals surface area contributed by atoms with Crippen molar-refractivity contribution in [3.63, 3.8) is 0 Å². The van der Waals surface area contributed by atoms with Gasteiger partial charge in [0.15, 0.2) is 0 Å². The fraction of sp³-hybridized carbons (Fsp3) is 0.536. The summed E-state index contributed by atoms with van der Waals surface area (Å²) in [5.41, 5.74) is 3.19. The second-order valence-corrected chi connectivity index (χ2v) is 10.0. The molecule has 170 valence electrons. The molecule has 2 bridgehead atoms. The van der Waals surface area contributed by atoms with Crippen LogP contribution in [0.4, 0.5) is 0 Å². The Hall–Kier alpha value is -2.33. The van der Waals surface area contributed by atoms with Gasteiger partial charge in [-0.2, -0.15) is 0 Å². The van der Waals surface area contributed by atoms with Gasteiger partial charge >= 0.3 is 0 Å². The number of carbonyl (C=O) groups excluding carboxylic acids is 1. The van der Waals surface area contributed by atoms with E-state index in [1.807, 2.05) is 24.3 Å². The summed E-state index contributed by atoms with van der Waals surface area (Å²) in [6.07, 6.45) is 11.7. The Kier molecular flexibility index (Phi) is 6.49. The third-order valence-electron chi connectivity index (χ3n) is 7.96. The van der Waals surface area contributed by atoms with Gasteiger partial charge in [-0.1, -0.05) is 43.5 Å². The highest BCUT2D eigenvalue weighted by atomic mass is 16.5.